The SMILES string of the molecule is COC(=O)c1cccn2cc(Cn3cnc(C#N)c3C#N)nc12. The van der Waals surface area contributed by atoms with Gasteiger partial charge in [0.1, 0.15) is 17.7 Å². The van der Waals surface area contributed by atoms with Gasteiger partial charge in [0, 0.05) is 12.4 Å². The molecule has 0 aliphatic heterocycles. The van der Waals surface area contributed by atoms with E-state index in [0.717, 1.165) is 0 Å². The molecule has 3 aromatic heterocycles. The van der Waals surface area contributed by atoms with Crippen molar-refractivity contribution in [2.45, 2.75) is 6.54 Å². The van der Waals surface area contributed by atoms with Crippen LogP contribution < -0.4 is 0 Å². The highest BCUT2D eigenvalue weighted by Crippen LogP contribution is 2.14. The van der Waals surface area contributed by atoms with Crippen molar-refractivity contribution in [2.24, 2.45) is 0 Å². The first-order chi connectivity index (χ1) is 11.2. The van der Waals surface area contributed by atoms with E-state index in [9.17, 15) is 4.79 Å². The lowest BCUT2D eigenvalue weighted by molar-refractivity contribution is 0.0602. The van der Waals surface area contributed by atoms with Gasteiger partial charge in [0.05, 0.1) is 25.7 Å². The summed E-state index contributed by atoms with van der Waals surface area (Å²) in [7, 11) is 1.31. The first kappa shape index (κ1) is 14.3. The Morgan fingerprint density at radius 2 is 2.22 bits per heavy atom. The molecule has 0 fully saturated rings. The molecule has 0 N–H and O–H groups in total. The van der Waals surface area contributed by atoms with E-state index in [2.05, 4.69) is 9.97 Å². The highest BCUT2D eigenvalue weighted by Gasteiger charge is 2.15. The van der Waals surface area contributed by atoms with Gasteiger partial charge in [-0.05, 0) is 12.1 Å². The minimum absolute atomic E-state index is 0.0755. The zero-order valence-electron chi connectivity index (χ0n) is 12.1. The Morgan fingerprint density at radius 3 is 2.91 bits per heavy atom. The lowest BCUT2D eigenvalue weighted by Crippen LogP contribution is -2.04. The van der Waals surface area contributed by atoms with E-state index < -0.39 is 5.97 Å². The number of carbonyl (C=O) groups excluding carboxylic acids is 1. The number of rotatable bonds is 3. The van der Waals surface area contributed by atoms with Crippen molar-refractivity contribution in [3.63, 3.8) is 0 Å². The normalized spacial score (nSPS) is 10.2. The van der Waals surface area contributed by atoms with E-state index in [-0.39, 0.29) is 17.9 Å². The third-order valence-electron chi connectivity index (χ3n) is 3.32. The van der Waals surface area contributed by atoms with E-state index in [4.69, 9.17) is 15.3 Å². The van der Waals surface area contributed by atoms with Crippen molar-refractivity contribution in [2.75, 3.05) is 7.11 Å². The minimum Gasteiger partial charge on any atom is -0.465 e. The Bertz CT molecular complexity index is 986. The van der Waals surface area contributed by atoms with E-state index >= 15 is 0 Å². The third kappa shape index (κ3) is 2.39. The molecular weight excluding hydrogens is 296 g/mol. The molecule has 112 valence electrons. The average molecular weight is 306 g/mol. The van der Waals surface area contributed by atoms with Crippen molar-refractivity contribution in [3.05, 3.63) is 53.5 Å². The first-order valence-corrected chi connectivity index (χ1v) is 6.58. The number of methoxy groups -OCH3 is 1. The molecule has 0 spiro atoms. The van der Waals surface area contributed by atoms with Crippen LogP contribution in [-0.4, -0.2) is 32.0 Å². The lowest BCUT2D eigenvalue weighted by Gasteiger charge is -2.00. The van der Waals surface area contributed by atoms with E-state index in [1.165, 1.54) is 18.0 Å². The number of fused-ring (bicyclic) bond motifs is 1. The topological polar surface area (TPSA) is 109 Å². The van der Waals surface area contributed by atoms with Crippen LogP contribution in [0.1, 0.15) is 27.4 Å². The summed E-state index contributed by atoms with van der Waals surface area (Å²) in [6.07, 6.45) is 4.93. The number of esters is 1. The van der Waals surface area contributed by atoms with Gasteiger partial charge in [-0.3, -0.25) is 0 Å². The highest BCUT2D eigenvalue weighted by atomic mass is 16.5. The van der Waals surface area contributed by atoms with Crippen LogP contribution in [0.3, 0.4) is 0 Å². The molecule has 3 heterocycles. The summed E-state index contributed by atoms with van der Waals surface area (Å²) in [5, 5.41) is 18.1. The molecular formula is C15H10N6O2. The number of ether oxygens (including phenoxy) is 1. The number of carbonyl (C=O) groups is 1. The summed E-state index contributed by atoms with van der Waals surface area (Å²) >= 11 is 0. The maximum Gasteiger partial charge on any atom is 0.341 e. The second-order valence-corrected chi connectivity index (χ2v) is 4.67. The van der Waals surface area contributed by atoms with Gasteiger partial charge in [-0.2, -0.15) is 10.5 Å². The number of nitrogens with zero attached hydrogens (tertiary/aromatic N) is 6. The third-order valence-corrected chi connectivity index (χ3v) is 3.32. The summed E-state index contributed by atoms with van der Waals surface area (Å²) in [5.74, 6) is -0.472. The maximum atomic E-state index is 11.8. The molecule has 3 aromatic rings. The van der Waals surface area contributed by atoms with Gasteiger partial charge in [-0.1, -0.05) is 0 Å². The van der Waals surface area contributed by atoms with Gasteiger partial charge >= 0.3 is 5.97 Å². The monoisotopic (exact) mass is 306 g/mol. The molecule has 3 rings (SSSR count). The van der Waals surface area contributed by atoms with E-state index in [0.29, 0.717) is 16.9 Å². The van der Waals surface area contributed by atoms with Gasteiger partial charge in [-0.25, -0.2) is 14.8 Å². The van der Waals surface area contributed by atoms with Crippen LogP contribution in [0.4, 0.5) is 0 Å². The Labute approximate surface area is 130 Å². The van der Waals surface area contributed by atoms with E-state index in [1.54, 1.807) is 28.9 Å². The Kier molecular flexibility index (Phi) is 3.49. The van der Waals surface area contributed by atoms with Crippen LogP contribution in [0, 0.1) is 22.7 Å². The molecule has 0 amide bonds. The number of hydrogen-bond donors (Lipinski definition) is 0. The van der Waals surface area contributed by atoms with Crippen LogP contribution in [0.5, 0.6) is 0 Å². The first-order valence-electron chi connectivity index (χ1n) is 6.58. The Balaban J connectivity index is 2.03. The minimum atomic E-state index is -0.472. The Morgan fingerprint density at radius 1 is 1.39 bits per heavy atom. The van der Waals surface area contributed by atoms with Crippen molar-refractivity contribution in [1.82, 2.24) is 18.9 Å². The number of hydrogen-bond acceptors (Lipinski definition) is 6. The fraction of sp³-hybridized carbons (Fsp3) is 0.133. The van der Waals surface area contributed by atoms with Crippen LogP contribution in [0.25, 0.3) is 5.65 Å². The predicted molar refractivity (Wildman–Crippen MR) is 77.3 cm³/mol. The van der Waals surface area contributed by atoms with Crippen LogP contribution in [-0.2, 0) is 11.3 Å². The maximum absolute atomic E-state index is 11.8. The van der Waals surface area contributed by atoms with Crippen LogP contribution in [0.15, 0.2) is 30.9 Å². The summed E-state index contributed by atoms with van der Waals surface area (Å²) in [6.45, 7) is 0.264. The molecule has 23 heavy (non-hydrogen) atoms. The molecule has 8 heteroatoms. The lowest BCUT2D eigenvalue weighted by atomic mass is 10.3. The van der Waals surface area contributed by atoms with Gasteiger partial charge in [-0.15, -0.1) is 0 Å². The Hall–Kier alpha value is -3.65. The van der Waals surface area contributed by atoms with Crippen molar-refractivity contribution in [1.29, 1.82) is 10.5 Å². The van der Waals surface area contributed by atoms with E-state index in [1.807, 2.05) is 12.1 Å². The number of imidazole rings is 2. The summed E-state index contributed by atoms with van der Waals surface area (Å²) < 4.78 is 7.98. The highest BCUT2D eigenvalue weighted by molar-refractivity contribution is 5.95. The molecule has 0 atom stereocenters. The second-order valence-electron chi connectivity index (χ2n) is 4.67. The molecule has 0 aromatic carbocycles. The molecule has 0 saturated carbocycles. The van der Waals surface area contributed by atoms with Crippen molar-refractivity contribution in [3.8, 4) is 12.1 Å². The molecule has 8 nitrogen and oxygen atoms in total. The second kappa shape index (κ2) is 5.62. The summed E-state index contributed by atoms with van der Waals surface area (Å²) in [6, 6.07) is 7.17. The summed E-state index contributed by atoms with van der Waals surface area (Å²) in [5.41, 5.74) is 1.70. The van der Waals surface area contributed by atoms with Gasteiger partial charge in [0.15, 0.2) is 17.0 Å². The zero-order valence-corrected chi connectivity index (χ0v) is 12.1. The zero-order chi connectivity index (χ0) is 16.4. The standard InChI is InChI=1S/C15H10N6O2/c1-23-15(22)11-3-2-4-20-7-10(19-14(11)20)8-21-9-18-12(5-16)13(21)6-17/h2-4,7,9H,8H2,1H3. The molecule has 0 aliphatic rings. The number of aromatic nitrogens is 4. The molecule has 0 aliphatic carbocycles. The quantitative estimate of drug-likeness (QED) is 0.670. The molecule has 0 bridgehead atoms. The van der Waals surface area contributed by atoms with Gasteiger partial charge < -0.3 is 13.7 Å². The molecule has 0 radical (unpaired) electrons. The van der Waals surface area contributed by atoms with Crippen LogP contribution >= 0.6 is 0 Å². The average Bonchev–Trinajstić information content (AvgIpc) is 3.16. The largest absolute Gasteiger partial charge is 0.465 e. The fourth-order valence-electron chi connectivity index (χ4n) is 2.28. The molecule has 0 unspecified atom stereocenters. The van der Waals surface area contributed by atoms with Crippen LogP contribution in [0.2, 0.25) is 0 Å². The fourth-order valence-corrected chi connectivity index (χ4v) is 2.28. The van der Waals surface area contributed by atoms with Crippen molar-refractivity contribution < 1.29 is 9.53 Å². The number of pyridine rings is 1. The van der Waals surface area contributed by atoms with Gasteiger partial charge in [0.2, 0.25) is 0 Å². The smallest absolute Gasteiger partial charge is 0.341 e. The predicted octanol–water partition coefficient (Wildman–Crippen LogP) is 1.11. The number of nitriles is 2. The molecule has 0 saturated heterocycles. The van der Waals surface area contributed by atoms with Gasteiger partial charge in [0.25, 0.3) is 0 Å². The summed E-state index contributed by atoms with van der Waals surface area (Å²) in [4.78, 5) is 20.1. The van der Waals surface area contributed by atoms with Crippen molar-refractivity contribution >= 4 is 11.6 Å².